The average molecular weight is 302 g/mol. The summed E-state index contributed by atoms with van der Waals surface area (Å²) in [6.45, 7) is 0. The Morgan fingerprint density at radius 3 is 2.55 bits per heavy atom. The van der Waals surface area contributed by atoms with Crippen molar-refractivity contribution < 1.29 is 4.39 Å². The summed E-state index contributed by atoms with van der Waals surface area (Å²) >= 11 is 0. The van der Waals surface area contributed by atoms with Crippen LogP contribution < -0.4 is 16.9 Å². The summed E-state index contributed by atoms with van der Waals surface area (Å²) in [5.74, 6) is -0.509. The van der Waals surface area contributed by atoms with E-state index >= 15 is 0 Å². The van der Waals surface area contributed by atoms with Crippen LogP contribution in [-0.4, -0.2) is 19.1 Å². The Balaban J connectivity index is 2.59. The lowest BCUT2D eigenvalue weighted by Gasteiger charge is -2.10. The number of H-pyrrole nitrogens is 1. The Morgan fingerprint density at radius 2 is 1.86 bits per heavy atom. The summed E-state index contributed by atoms with van der Waals surface area (Å²) in [6, 6.07) is 5.45. The fourth-order valence-electron chi connectivity index (χ4n) is 2.34. The fourth-order valence-corrected chi connectivity index (χ4v) is 2.34. The molecule has 1 aromatic carbocycles. The van der Waals surface area contributed by atoms with Gasteiger partial charge in [0.15, 0.2) is 5.65 Å². The molecule has 0 bridgehead atoms. The topological polar surface area (TPSA) is 89.8 Å². The maximum Gasteiger partial charge on any atom is 0.347 e. The van der Waals surface area contributed by atoms with Crippen LogP contribution in [0.25, 0.3) is 22.3 Å². The monoisotopic (exact) mass is 302 g/mol. The molecule has 0 saturated heterocycles. The van der Waals surface area contributed by atoms with E-state index in [1.54, 1.807) is 6.07 Å². The van der Waals surface area contributed by atoms with Crippen molar-refractivity contribution in [1.82, 2.24) is 19.1 Å². The van der Waals surface area contributed by atoms with Crippen LogP contribution in [0.5, 0.6) is 0 Å². The highest BCUT2D eigenvalue weighted by Gasteiger charge is 2.16. The van der Waals surface area contributed by atoms with Gasteiger partial charge in [0, 0.05) is 19.7 Å². The minimum absolute atomic E-state index is 0.0453. The van der Waals surface area contributed by atoms with Gasteiger partial charge >= 0.3 is 11.4 Å². The SMILES string of the molecule is Cn1c(=O)c2c(-c3cccc(F)c3)[nH]c(=O)nc2n(C)c1=O. The number of hydrogen-bond acceptors (Lipinski definition) is 4. The first-order valence-electron chi connectivity index (χ1n) is 6.36. The van der Waals surface area contributed by atoms with Crippen molar-refractivity contribution >= 4 is 11.0 Å². The molecular formula is C14H11FN4O3. The lowest BCUT2D eigenvalue weighted by Crippen LogP contribution is -2.38. The fraction of sp³-hybridized carbons (Fsp3) is 0.143. The second-order valence-electron chi connectivity index (χ2n) is 4.83. The number of nitrogens with one attached hydrogen (secondary N) is 1. The molecule has 0 aliphatic rings. The van der Waals surface area contributed by atoms with Crippen molar-refractivity contribution in [2.75, 3.05) is 0 Å². The number of rotatable bonds is 1. The van der Waals surface area contributed by atoms with Crippen molar-refractivity contribution in [2.24, 2.45) is 14.1 Å². The van der Waals surface area contributed by atoms with Gasteiger partial charge in [-0.3, -0.25) is 13.9 Å². The molecule has 2 heterocycles. The van der Waals surface area contributed by atoms with Crippen LogP contribution in [-0.2, 0) is 14.1 Å². The first-order chi connectivity index (χ1) is 10.4. The van der Waals surface area contributed by atoms with Crippen LogP contribution in [0, 0.1) is 5.82 Å². The van der Waals surface area contributed by atoms with Gasteiger partial charge in [-0.1, -0.05) is 12.1 Å². The van der Waals surface area contributed by atoms with Crippen LogP contribution in [0.1, 0.15) is 0 Å². The quantitative estimate of drug-likeness (QED) is 0.691. The molecular weight excluding hydrogens is 291 g/mol. The third-order valence-electron chi connectivity index (χ3n) is 3.44. The minimum atomic E-state index is -0.727. The smallest absolute Gasteiger partial charge is 0.304 e. The number of nitrogens with zero attached hydrogens (tertiary/aromatic N) is 3. The zero-order valence-corrected chi connectivity index (χ0v) is 11.8. The van der Waals surface area contributed by atoms with Gasteiger partial charge in [0.05, 0.1) is 5.69 Å². The van der Waals surface area contributed by atoms with Crippen molar-refractivity contribution in [2.45, 2.75) is 0 Å². The lowest BCUT2D eigenvalue weighted by molar-refractivity contribution is 0.628. The predicted molar refractivity (Wildman–Crippen MR) is 78.2 cm³/mol. The van der Waals surface area contributed by atoms with E-state index in [0.29, 0.717) is 5.56 Å². The molecule has 3 aromatic rings. The Labute approximate surface area is 122 Å². The molecule has 0 fully saturated rings. The summed E-state index contributed by atoms with van der Waals surface area (Å²) < 4.78 is 15.4. The highest BCUT2D eigenvalue weighted by atomic mass is 19.1. The number of aryl methyl sites for hydroxylation is 1. The molecule has 22 heavy (non-hydrogen) atoms. The number of halogens is 1. The van der Waals surface area contributed by atoms with Crippen molar-refractivity contribution in [3.8, 4) is 11.3 Å². The van der Waals surface area contributed by atoms with Gasteiger partial charge in [-0.2, -0.15) is 4.98 Å². The summed E-state index contributed by atoms with van der Waals surface area (Å²) in [5, 5.41) is 0.0507. The molecule has 112 valence electrons. The summed E-state index contributed by atoms with van der Waals surface area (Å²) in [6.07, 6.45) is 0. The van der Waals surface area contributed by atoms with E-state index in [0.717, 1.165) is 9.13 Å². The maximum absolute atomic E-state index is 13.4. The molecule has 0 amide bonds. The largest absolute Gasteiger partial charge is 0.347 e. The third-order valence-corrected chi connectivity index (χ3v) is 3.44. The highest BCUT2D eigenvalue weighted by molar-refractivity contribution is 5.89. The average Bonchev–Trinajstić information content (AvgIpc) is 2.50. The number of aromatic amines is 1. The molecule has 1 N–H and O–H groups in total. The van der Waals surface area contributed by atoms with Gasteiger partial charge in [0.1, 0.15) is 11.2 Å². The molecule has 0 atom stereocenters. The Morgan fingerprint density at radius 1 is 1.14 bits per heavy atom. The van der Waals surface area contributed by atoms with Crippen LogP contribution in [0.3, 0.4) is 0 Å². The summed E-state index contributed by atoms with van der Waals surface area (Å²) in [5.41, 5.74) is -1.53. The van der Waals surface area contributed by atoms with Crippen molar-refractivity contribution in [3.05, 3.63) is 61.4 Å². The summed E-state index contributed by atoms with van der Waals surface area (Å²) in [4.78, 5) is 42.2. The molecule has 0 spiro atoms. The van der Waals surface area contributed by atoms with E-state index in [2.05, 4.69) is 9.97 Å². The third kappa shape index (κ3) is 1.96. The Bertz CT molecular complexity index is 1080. The van der Waals surface area contributed by atoms with E-state index in [1.165, 1.54) is 32.3 Å². The number of fused-ring (bicyclic) bond motifs is 1. The second kappa shape index (κ2) is 4.76. The molecule has 2 aromatic heterocycles. The molecule has 7 nitrogen and oxygen atoms in total. The standard InChI is InChI=1S/C14H11FN4O3/c1-18-11-9(12(20)19(2)14(18)22)10(16-13(21)17-11)7-4-3-5-8(15)6-7/h3-6H,1-2H3,(H,16,17,21). The Kier molecular flexibility index (Phi) is 3.01. The van der Waals surface area contributed by atoms with Gasteiger partial charge < -0.3 is 4.98 Å². The normalized spacial score (nSPS) is 11.0. The van der Waals surface area contributed by atoms with Crippen molar-refractivity contribution in [1.29, 1.82) is 0 Å². The van der Waals surface area contributed by atoms with E-state index in [4.69, 9.17) is 0 Å². The first kappa shape index (κ1) is 13.9. The molecule has 0 radical (unpaired) electrons. The van der Waals surface area contributed by atoms with Crippen LogP contribution in [0.2, 0.25) is 0 Å². The molecule has 0 saturated carbocycles. The highest BCUT2D eigenvalue weighted by Crippen LogP contribution is 2.21. The number of aromatic nitrogens is 4. The van der Waals surface area contributed by atoms with E-state index < -0.39 is 22.8 Å². The molecule has 3 rings (SSSR count). The van der Waals surface area contributed by atoms with E-state index in [9.17, 15) is 18.8 Å². The van der Waals surface area contributed by atoms with Crippen molar-refractivity contribution in [3.63, 3.8) is 0 Å². The van der Waals surface area contributed by atoms with Crippen LogP contribution in [0.15, 0.2) is 38.6 Å². The van der Waals surface area contributed by atoms with Gasteiger partial charge in [-0.05, 0) is 12.1 Å². The zero-order valence-electron chi connectivity index (χ0n) is 11.8. The van der Waals surface area contributed by atoms with Crippen LogP contribution in [0.4, 0.5) is 4.39 Å². The minimum Gasteiger partial charge on any atom is -0.304 e. The van der Waals surface area contributed by atoms with Gasteiger partial charge in [0.2, 0.25) is 0 Å². The second-order valence-corrected chi connectivity index (χ2v) is 4.83. The van der Waals surface area contributed by atoms with E-state index in [-0.39, 0.29) is 16.7 Å². The maximum atomic E-state index is 13.4. The predicted octanol–water partition coefficient (Wildman–Crippen LogP) is 0.127. The molecule has 0 aliphatic carbocycles. The molecule has 8 heteroatoms. The molecule has 0 unspecified atom stereocenters. The first-order valence-corrected chi connectivity index (χ1v) is 6.36. The van der Waals surface area contributed by atoms with Crippen LogP contribution >= 0.6 is 0 Å². The van der Waals surface area contributed by atoms with Gasteiger partial charge in [-0.25, -0.2) is 14.0 Å². The zero-order chi connectivity index (χ0) is 16.0. The number of benzene rings is 1. The van der Waals surface area contributed by atoms with E-state index in [1.807, 2.05) is 0 Å². The molecule has 0 aliphatic heterocycles. The number of hydrogen-bond donors (Lipinski definition) is 1. The van der Waals surface area contributed by atoms with Gasteiger partial charge in [-0.15, -0.1) is 0 Å². The summed E-state index contributed by atoms with van der Waals surface area (Å²) in [7, 11) is 2.73. The Hall–Kier alpha value is -3.03. The van der Waals surface area contributed by atoms with Gasteiger partial charge in [0.25, 0.3) is 5.56 Å². The lowest BCUT2D eigenvalue weighted by atomic mass is 10.1.